The molecule has 0 N–H and O–H groups in total. The molecule has 2 aromatic rings. The highest BCUT2D eigenvalue weighted by Gasteiger charge is 2.18. The second-order valence-electron chi connectivity index (χ2n) is 5.77. The Labute approximate surface area is 123 Å². The van der Waals surface area contributed by atoms with Gasteiger partial charge in [0.1, 0.15) is 11.6 Å². The second-order valence-corrected chi connectivity index (χ2v) is 12.2. The summed E-state index contributed by atoms with van der Waals surface area (Å²) in [6.45, 7) is 6.93. The number of benzene rings is 2. The molecule has 0 amide bonds. The monoisotopic (exact) mass is 306 g/mol. The predicted molar refractivity (Wildman–Crippen MR) is 90.0 cm³/mol. The molecule has 0 saturated carbocycles. The van der Waals surface area contributed by atoms with Crippen LogP contribution in [0.4, 0.5) is 4.39 Å². The molecule has 2 rings (SSSR count). The number of halogens is 1. The fraction of sp³-hybridized carbons (Fsp3) is 0.250. The lowest BCUT2D eigenvalue weighted by Gasteiger charge is -2.19. The van der Waals surface area contributed by atoms with Gasteiger partial charge in [0, 0.05) is 10.6 Å². The zero-order valence-electron chi connectivity index (χ0n) is 12.3. The molecule has 0 aromatic heterocycles. The molecule has 0 radical (unpaired) electrons. The number of ether oxygens (including phenoxy) is 1. The Morgan fingerprint density at radius 1 is 1.00 bits per heavy atom. The van der Waals surface area contributed by atoms with Crippen LogP contribution < -0.4 is 20.5 Å². The van der Waals surface area contributed by atoms with E-state index in [0.717, 1.165) is 16.4 Å². The van der Waals surface area contributed by atoms with Gasteiger partial charge in [-0.2, -0.15) is 0 Å². The first-order valence-corrected chi connectivity index (χ1v) is 11.1. The van der Waals surface area contributed by atoms with Gasteiger partial charge < -0.3 is 4.74 Å². The minimum Gasteiger partial charge on any atom is -0.496 e. The zero-order valence-corrected chi connectivity index (χ0v) is 14.3. The summed E-state index contributed by atoms with van der Waals surface area (Å²) in [6, 6.07) is 13.3. The fourth-order valence-electron chi connectivity index (χ4n) is 1.98. The summed E-state index contributed by atoms with van der Waals surface area (Å²) in [7, 11) is 0.568. The highest BCUT2D eigenvalue weighted by atomic mass is 31.1. The van der Waals surface area contributed by atoms with Crippen molar-refractivity contribution in [3.63, 3.8) is 0 Å². The van der Waals surface area contributed by atoms with Crippen molar-refractivity contribution in [2.24, 2.45) is 0 Å². The molecule has 1 atom stereocenters. The Hall–Kier alpha value is -1.18. The van der Waals surface area contributed by atoms with Crippen molar-refractivity contribution in [1.29, 1.82) is 0 Å². The first kappa shape index (κ1) is 15.2. The van der Waals surface area contributed by atoms with Gasteiger partial charge in [-0.3, -0.25) is 0 Å². The number of methoxy groups -OCH3 is 1. The maximum atomic E-state index is 13.8. The van der Waals surface area contributed by atoms with Gasteiger partial charge in [-0.15, -0.1) is 0 Å². The molecule has 0 fully saturated rings. The van der Waals surface area contributed by atoms with E-state index in [1.165, 1.54) is 11.3 Å². The van der Waals surface area contributed by atoms with E-state index in [2.05, 4.69) is 31.8 Å². The summed E-state index contributed by atoms with van der Waals surface area (Å²) in [5.74, 6) is 0.694. The molecule has 1 nitrogen and oxygen atoms in total. The molecule has 0 saturated heterocycles. The minimum absolute atomic E-state index is 0.147. The first-order valence-electron chi connectivity index (χ1n) is 6.62. The van der Waals surface area contributed by atoms with Crippen molar-refractivity contribution in [3.8, 4) is 5.75 Å². The maximum Gasteiger partial charge on any atom is 0.130 e. The largest absolute Gasteiger partial charge is 0.496 e. The average Bonchev–Trinajstić information content (AvgIpc) is 2.40. The maximum absolute atomic E-state index is 13.8. The Balaban J connectivity index is 2.42. The summed E-state index contributed by atoms with van der Waals surface area (Å²) in [4.78, 5) is 0. The standard InChI is InChI=1S/C16H20FOPSi/c1-18-14-10-9-12(20(2,3)4)11-16(14)19-15-8-6-5-7-13(15)17/h5-11,19H,1-4H3. The molecule has 0 aliphatic heterocycles. The number of rotatable bonds is 4. The van der Waals surface area contributed by atoms with E-state index in [4.69, 9.17) is 4.74 Å². The molecule has 106 valence electrons. The van der Waals surface area contributed by atoms with Crippen LogP contribution in [0.5, 0.6) is 5.75 Å². The van der Waals surface area contributed by atoms with Gasteiger partial charge >= 0.3 is 0 Å². The van der Waals surface area contributed by atoms with Crippen LogP contribution in [0.3, 0.4) is 0 Å². The zero-order chi connectivity index (χ0) is 14.8. The summed E-state index contributed by atoms with van der Waals surface area (Å²) < 4.78 is 19.2. The Morgan fingerprint density at radius 2 is 1.70 bits per heavy atom. The Kier molecular flexibility index (Phi) is 4.61. The van der Waals surface area contributed by atoms with Crippen molar-refractivity contribution in [2.75, 3.05) is 7.11 Å². The quantitative estimate of drug-likeness (QED) is 0.623. The van der Waals surface area contributed by atoms with Crippen LogP contribution in [0.25, 0.3) is 0 Å². The van der Waals surface area contributed by atoms with Crippen molar-refractivity contribution in [2.45, 2.75) is 19.6 Å². The molecule has 0 spiro atoms. The predicted octanol–water partition coefficient (Wildman–Crippen LogP) is 3.01. The van der Waals surface area contributed by atoms with Crippen LogP contribution in [0, 0.1) is 5.82 Å². The molecule has 1 unspecified atom stereocenters. The van der Waals surface area contributed by atoms with Crippen LogP contribution in [0.15, 0.2) is 42.5 Å². The lowest BCUT2D eigenvalue weighted by molar-refractivity contribution is 0.418. The van der Waals surface area contributed by atoms with E-state index >= 15 is 0 Å². The lowest BCUT2D eigenvalue weighted by atomic mass is 10.3. The van der Waals surface area contributed by atoms with Crippen molar-refractivity contribution in [1.82, 2.24) is 0 Å². The molecular formula is C16H20FOPSi. The van der Waals surface area contributed by atoms with Crippen LogP contribution >= 0.6 is 8.58 Å². The van der Waals surface area contributed by atoms with Crippen molar-refractivity contribution >= 4 is 32.5 Å². The Bertz CT molecular complexity index is 608. The normalized spacial score (nSPS) is 12.1. The van der Waals surface area contributed by atoms with Gasteiger partial charge in [0.25, 0.3) is 0 Å². The van der Waals surface area contributed by atoms with E-state index in [0.29, 0.717) is 0 Å². The molecular weight excluding hydrogens is 286 g/mol. The fourth-order valence-corrected chi connectivity index (χ4v) is 4.49. The van der Waals surface area contributed by atoms with Gasteiger partial charge in [0.2, 0.25) is 0 Å². The summed E-state index contributed by atoms with van der Waals surface area (Å²) >= 11 is 0. The van der Waals surface area contributed by atoms with E-state index in [1.54, 1.807) is 13.2 Å². The third-order valence-electron chi connectivity index (χ3n) is 3.21. The molecule has 0 heterocycles. The van der Waals surface area contributed by atoms with E-state index in [1.807, 2.05) is 18.2 Å². The van der Waals surface area contributed by atoms with E-state index in [-0.39, 0.29) is 14.4 Å². The van der Waals surface area contributed by atoms with Crippen molar-refractivity contribution in [3.05, 3.63) is 48.3 Å². The van der Waals surface area contributed by atoms with E-state index < -0.39 is 8.07 Å². The molecule has 0 aliphatic rings. The summed E-state index contributed by atoms with van der Waals surface area (Å²) in [6.07, 6.45) is 0. The number of hydrogen-bond donors (Lipinski definition) is 0. The van der Waals surface area contributed by atoms with E-state index in [9.17, 15) is 4.39 Å². The van der Waals surface area contributed by atoms with Crippen LogP contribution in [-0.4, -0.2) is 15.2 Å². The van der Waals surface area contributed by atoms with Crippen molar-refractivity contribution < 1.29 is 9.13 Å². The Morgan fingerprint density at radius 3 is 2.30 bits per heavy atom. The smallest absolute Gasteiger partial charge is 0.130 e. The third kappa shape index (κ3) is 3.47. The highest BCUT2D eigenvalue weighted by molar-refractivity contribution is 7.55. The average molecular weight is 306 g/mol. The number of hydrogen-bond acceptors (Lipinski definition) is 1. The van der Waals surface area contributed by atoms with Gasteiger partial charge in [0.05, 0.1) is 15.2 Å². The van der Waals surface area contributed by atoms with Gasteiger partial charge in [-0.25, -0.2) is 4.39 Å². The van der Waals surface area contributed by atoms with Gasteiger partial charge in [0.15, 0.2) is 0 Å². The third-order valence-corrected chi connectivity index (χ3v) is 6.59. The molecule has 4 heteroatoms. The van der Waals surface area contributed by atoms with Crippen LogP contribution in [-0.2, 0) is 0 Å². The van der Waals surface area contributed by atoms with Crippen LogP contribution in [0.2, 0.25) is 19.6 Å². The molecule has 20 heavy (non-hydrogen) atoms. The van der Waals surface area contributed by atoms with Crippen LogP contribution in [0.1, 0.15) is 0 Å². The topological polar surface area (TPSA) is 9.23 Å². The van der Waals surface area contributed by atoms with Gasteiger partial charge in [-0.05, 0) is 12.1 Å². The first-order chi connectivity index (χ1) is 9.41. The SMILES string of the molecule is COc1ccc([Si](C)(C)C)cc1Pc1ccccc1F. The summed E-state index contributed by atoms with van der Waals surface area (Å²) in [5.41, 5.74) is 0. The molecule has 0 bridgehead atoms. The van der Waals surface area contributed by atoms with Gasteiger partial charge in [-0.1, -0.05) is 63.7 Å². The lowest BCUT2D eigenvalue weighted by Crippen LogP contribution is -2.38. The molecule has 2 aromatic carbocycles. The highest BCUT2D eigenvalue weighted by Crippen LogP contribution is 2.20. The summed E-state index contributed by atoms with van der Waals surface area (Å²) in [5, 5.41) is 3.19. The second kappa shape index (κ2) is 6.07. The minimum atomic E-state index is -1.38. The molecule has 0 aliphatic carbocycles.